The Morgan fingerprint density at radius 1 is 0.778 bits per heavy atom. The maximum Gasteiger partial charge on any atom is -0.0352 e. The first-order valence-corrected chi connectivity index (χ1v) is 4.22. The highest BCUT2D eigenvalue weighted by Crippen LogP contribution is 2.60. The van der Waals surface area contributed by atoms with Crippen LogP contribution >= 0.6 is 0 Å². The lowest BCUT2D eigenvalue weighted by atomic mass is 9.88. The Hall–Kier alpha value is 0. The molecule has 2 rings (SSSR count). The van der Waals surface area contributed by atoms with Crippen molar-refractivity contribution in [1.82, 2.24) is 0 Å². The van der Waals surface area contributed by atoms with Crippen molar-refractivity contribution in [3.8, 4) is 0 Å². The molecule has 9 heavy (non-hydrogen) atoms. The zero-order valence-electron chi connectivity index (χ0n) is 6.59. The van der Waals surface area contributed by atoms with Crippen LogP contribution in [0.4, 0.5) is 0 Å². The van der Waals surface area contributed by atoms with E-state index in [9.17, 15) is 0 Å². The summed E-state index contributed by atoms with van der Waals surface area (Å²) in [4.78, 5) is 0. The minimum atomic E-state index is 1.01. The largest absolute Gasteiger partial charge is 0.0620 e. The zero-order valence-corrected chi connectivity index (χ0v) is 6.59. The van der Waals surface area contributed by atoms with Crippen molar-refractivity contribution in [2.75, 3.05) is 0 Å². The summed E-state index contributed by atoms with van der Waals surface area (Å²) in [6.45, 7) is 7.28. The van der Waals surface area contributed by atoms with Gasteiger partial charge in [-0.2, -0.15) is 0 Å². The summed E-state index contributed by atoms with van der Waals surface area (Å²) in [6.07, 6.45) is 1.55. The van der Waals surface area contributed by atoms with Crippen LogP contribution in [0, 0.1) is 29.6 Å². The van der Waals surface area contributed by atoms with E-state index in [1.54, 1.807) is 6.42 Å². The van der Waals surface area contributed by atoms with Crippen LogP contribution in [0.2, 0.25) is 0 Å². The summed E-state index contributed by atoms with van der Waals surface area (Å²) < 4.78 is 0. The van der Waals surface area contributed by atoms with Crippen molar-refractivity contribution < 1.29 is 0 Å². The maximum atomic E-state index is 2.43. The fourth-order valence-corrected chi connectivity index (χ4v) is 2.70. The molecule has 0 heterocycles. The van der Waals surface area contributed by atoms with Crippen molar-refractivity contribution in [3.63, 3.8) is 0 Å². The van der Waals surface area contributed by atoms with Crippen LogP contribution in [-0.2, 0) is 0 Å². The zero-order chi connectivity index (χ0) is 6.59. The van der Waals surface area contributed by atoms with Gasteiger partial charge in [-0.15, -0.1) is 0 Å². The predicted octanol–water partition coefficient (Wildman–Crippen LogP) is 2.54. The van der Waals surface area contributed by atoms with Crippen LogP contribution in [0.5, 0.6) is 0 Å². The Labute approximate surface area is 57.6 Å². The second-order valence-electron chi connectivity index (χ2n) is 4.14. The van der Waals surface area contributed by atoms with Gasteiger partial charge in [0.05, 0.1) is 0 Å². The SMILES string of the molecule is CC1C2CC2[C@@H](C)C1C. The second-order valence-corrected chi connectivity index (χ2v) is 4.14. The molecule has 2 fully saturated rings. The van der Waals surface area contributed by atoms with Gasteiger partial charge in [0.1, 0.15) is 0 Å². The van der Waals surface area contributed by atoms with E-state index in [-0.39, 0.29) is 0 Å². The minimum absolute atomic E-state index is 1.01. The average Bonchev–Trinajstić information content (AvgIpc) is 2.56. The van der Waals surface area contributed by atoms with E-state index >= 15 is 0 Å². The van der Waals surface area contributed by atoms with Crippen LogP contribution in [-0.4, -0.2) is 0 Å². The topological polar surface area (TPSA) is 0 Å². The predicted molar refractivity (Wildman–Crippen MR) is 39.1 cm³/mol. The van der Waals surface area contributed by atoms with Crippen LogP contribution in [0.3, 0.4) is 0 Å². The van der Waals surface area contributed by atoms with Crippen molar-refractivity contribution in [2.45, 2.75) is 27.2 Å². The first-order valence-electron chi connectivity index (χ1n) is 4.22. The van der Waals surface area contributed by atoms with Gasteiger partial charge in [-0.05, 0) is 36.0 Å². The van der Waals surface area contributed by atoms with Gasteiger partial charge in [0.15, 0.2) is 0 Å². The molecule has 0 nitrogen and oxygen atoms in total. The van der Waals surface area contributed by atoms with Gasteiger partial charge >= 0.3 is 0 Å². The minimum Gasteiger partial charge on any atom is -0.0620 e. The van der Waals surface area contributed by atoms with Crippen LogP contribution in [0.1, 0.15) is 27.2 Å². The van der Waals surface area contributed by atoms with Crippen molar-refractivity contribution in [2.24, 2.45) is 29.6 Å². The lowest BCUT2D eigenvalue weighted by Crippen LogP contribution is -2.10. The highest BCUT2D eigenvalue weighted by Gasteiger charge is 2.53. The van der Waals surface area contributed by atoms with Crippen LogP contribution in [0.25, 0.3) is 0 Å². The van der Waals surface area contributed by atoms with Crippen molar-refractivity contribution in [1.29, 1.82) is 0 Å². The van der Waals surface area contributed by atoms with Gasteiger partial charge in [-0.25, -0.2) is 0 Å². The molecule has 0 aliphatic heterocycles. The highest BCUT2D eigenvalue weighted by molar-refractivity contribution is 5.02. The molecule has 4 unspecified atom stereocenters. The van der Waals surface area contributed by atoms with E-state index < -0.39 is 0 Å². The van der Waals surface area contributed by atoms with Crippen LogP contribution < -0.4 is 0 Å². The Morgan fingerprint density at radius 3 is 1.44 bits per heavy atom. The Bertz CT molecular complexity index is 110. The van der Waals surface area contributed by atoms with Gasteiger partial charge in [0.25, 0.3) is 0 Å². The van der Waals surface area contributed by atoms with Gasteiger partial charge in [-0.1, -0.05) is 20.8 Å². The molecule has 0 bridgehead atoms. The summed E-state index contributed by atoms with van der Waals surface area (Å²) >= 11 is 0. The molecule has 2 saturated carbocycles. The molecular formula is C9H16. The van der Waals surface area contributed by atoms with Crippen LogP contribution in [0.15, 0.2) is 0 Å². The third-order valence-corrected chi connectivity index (χ3v) is 3.90. The van der Waals surface area contributed by atoms with Crippen molar-refractivity contribution >= 4 is 0 Å². The lowest BCUT2D eigenvalue weighted by Gasteiger charge is -2.17. The second kappa shape index (κ2) is 1.53. The van der Waals surface area contributed by atoms with E-state index in [0.717, 1.165) is 29.6 Å². The number of hydrogen-bond acceptors (Lipinski definition) is 0. The van der Waals surface area contributed by atoms with E-state index in [1.165, 1.54) is 0 Å². The Balaban J connectivity index is 2.14. The first-order chi connectivity index (χ1) is 4.22. The third kappa shape index (κ3) is 0.595. The smallest absolute Gasteiger partial charge is 0.0352 e. The molecule has 0 amide bonds. The quantitative estimate of drug-likeness (QED) is 0.465. The van der Waals surface area contributed by atoms with E-state index in [4.69, 9.17) is 0 Å². The molecule has 0 spiro atoms. The summed E-state index contributed by atoms with van der Waals surface area (Å²) in [7, 11) is 0. The lowest BCUT2D eigenvalue weighted by molar-refractivity contribution is 0.317. The standard InChI is InChI=1S/C9H16/c1-5-6(2)8-4-9(8)7(5)3/h5-9H,4H2,1-3H3/t5?,6-,7?,8?,9?/m0/s1. The first kappa shape index (κ1) is 5.76. The Kier molecular flexibility index (Phi) is 0.980. The average molecular weight is 124 g/mol. The number of hydrogen-bond donors (Lipinski definition) is 0. The summed E-state index contributed by atoms with van der Waals surface area (Å²) in [5.74, 6) is 5.34. The normalized spacial score (nSPS) is 63.7. The molecule has 52 valence electrons. The highest BCUT2D eigenvalue weighted by atomic mass is 14.6. The van der Waals surface area contributed by atoms with Gasteiger partial charge < -0.3 is 0 Å². The maximum absolute atomic E-state index is 2.43. The number of rotatable bonds is 0. The molecule has 0 saturated heterocycles. The molecular weight excluding hydrogens is 108 g/mol. The molecule has 0 aromatic heterocycles. The summed E-state index contributed by atoms with van der Waals surface area (Å²) in [6, 6.07) is 0. The molecule has 0 N–H and O–H groups in total. The molecule has 0 aromatic carbocycles. The fourth-order valence-electron chi connectivity index (χ4n) is 2.70. The van der Waals surface area contributed by atoms with Gasteiger partial charge in [0, 0.05) is 0 Å². The molecule has 2 aliphatic rings. The third-order valence-electron chi connectivity index (χ3n) is 3.90. The summed E-state index contributed by atoms with van der Waals surface area (Å²) in [5, 5.41) is 0. The van der Waals surface area contributed by atoms with E-state index in [0.29, 0.717) is 0 Å². The summed E-state index contributed by atoms with van der Waals surface area (Å²) in [5.41, 5.74) is 0. The molecule has 0 heteroatoms. The van der Waals surface area contributed by atoms with E-state index in [2.05, 4.69) is 20.8 Å². The van der Waals surface area contributed by atoms with E-state index in [1.807, 2.05) is 0 Å². The Morgan fingerprint density at radius 2 is 1.22 bits per heavy atom. The van der Waals surface area contributed by atoms with Gasteiger partial charge in [-0.3, -0.25) is 0 Å². The molecule has 5 atom stereocenters. The molecule has 2 aliphatic carbocycles. The monoisotopic (exact) mass is 124 g/mol. The molecule has 0 aromatic rings. The number of fused-ring (bicyclic) bond motifs is 1. The fraction of sp³-hybridized carbons (Fsp3) is 1.00. The van der Waals surface area contributed by atoms with Crippen molar-refractivity contribution in [3.05, 3.63) is 0 Å². The van der Waals surface area contributed by atoms with Gasteiger partial charge in [0.2, 0.25) is 0 Å². The molecule has 0 radical (unpaired) electrons.